The van der Waals surface area contributed by atoms with Crippen molar-refractivity contribution in [2.45, 2.75) is 6.42 Å². The topological polar surface area (TPSA) is 90.7 Å². The molecule has 0 atom stereocenters. The van der Waals surface area contributed by atoms with Crippen molar-refractivity contribution in [1.29, 1.82) is 0 Å². The van der Waals surface area contributed by atoms with Crippen LogP contribution >= 0.6 is 0 Å². The molecule has 0 unspecified atom stereocenters. The molecule has 1 heterocycles. The van der Waals surface area contributed by atoms with Crippen molar-refractivity contribution < 1.29 is 19.8 Å². The highest BCUT2D eigenvalue weighted by molar-refractivity contribution is 5.91. The molecule has 0 radical (unpaired) electrons. The number of carboxylic acid groups (broad SMARTS) is 2. The van der Waals surface area contributed by atoms with Gasteiger partial charge in [0.25, 0.3) is 0 Å². The van der Waals surface area contributed by atoms with E-state index >= 15 is 0 Å². The first-order valence-corrected chi connectivity index (χ1v) is 4.53. The lowest BCUT2D eigenvalue weighted by atomic mass is 10.1. The Labute approximate surface area is 92.1 Å². The molecule has 2 N–H and O–H groups in total. The fraction of sp³-hybridized carbons (Fsp3) is 0.300. The quantitative estimate of drug-likeness (QED) is 0.772. The van der Waals surface area contributed by atoms with Gasteiger partial charge in [0.15, 0.2) is 0 Å². The third-order valence-corrected chi connectivity index (χ3v) is 2.02. The Morgan fingerprint density at radius 2 is 2.00 bits per heavy atom. The molecule has 0 aliphatic rings. The lowest BCUT2D eigenvalue weighted by Gasteiger charge is -2.13. The van der Waals surface area contributed by atoms with E-state index in [0.717, 1.165) is 0 Å². The molecule has 0 amide bonds. The van der Waals surface area contributed by atoms with E-state index < -0.39 is 18.4 Å². The Balaban J connectivity index is 3.19. The number of pyridine rings is 1. The van der Waals surface area contributed by atoms with E-state index in [1.54, 1.807) is 19.0 Å². The summed E-state index contributed by atoms with van der Waals surface area (Å²) in [6.07, 6.45) is 1.06. The van der Waals surface area contributed by atoms with Crippen LogP contribution in [0.4, 0.5) is 5.69 Å². The number of anilines is 1. The fourth-order valence-electron chi connectivity index (χ4n) is 1.20. The summed E-state index contributed by atoms with van der Waals surface area (Å²) in [6.45, 7) is 0. The van der Waals surface area contributed by atoms with Gasteiger partial charge in [-0.1, -0.05) is 0 Å². The summed E-state index contributed by atoms with van der Waals surface area (Å²) in [5.74, 6) is -2.28. The van der Waals surface area contributed by atoms with Crippen LogP contribution in [0, 0.1) is 0 Å². The number of aromatic nitrogens is 1. The molecule has 0 saturated heterocycles. The van der Waals surface area contributed by atoms with Crippen molar-refractivity contribution in [3.05, 3.63) is 23.5 Å². The summed E-state index contributed by atoms with van der Waals surface area (Å²) < 4.78 is 0. The maximum Gasteiger partial charge on any atom is 0.337 e. The van der Waals surface area contributed by atoms with Crippen molar-refractivity contribution in [1.82, 2.24) is 4.98 Å². The van der Waals surface area contributed by atoms with Gasteiger partial charge in [-0.25, -0.2) is 4.79 Å². The molecule has 6 heteroatoms. The van der Waals surface area contributed by atoms with Crippen molar-refractivity contribution >= 4 is 17.6 Å². The van der Waals surface area contributed by atoms with Gasteiger partial charge in [0.2, 0.25) is 0 Å². The van der Waals surface area contributed by atoms with Gasteiger partial charge in [0.1, 0.15) is 0 Å². The van der Waals surface area contributed by atoms with Crippen molar-refractivity contribution in [2.24, 2.45) is 0 Å². The smallest absolute Gasteiger partial charge is 0.337 e. The molecule has 1 rings (SSSR count). The standard InChI is InChI=1S/C10H12N2O4/c1-12(2)6-3-7(10(15)16)8(11-5-6)4-9(13)14/h3,5H,4H2,1-2H3,(H,13,14)(H,15,16). The maximum absolute atomic E-state index is 10.9. The zero-order valence-corrected chi connectivity index (χ0v) is 8.97. The summed E-state index contributed by atoms with van der Waals surface area (Å²) in [6, 6.07) is 1.41. The van der Waals surface area contributed by atoms with E-state index in [9.17, 15) is 9.59 Å². The van der Waals surface area contributed by atoms with Crippen LogP contribution in [0.2, 0.25) is 0 Å². The predicted octanol–water partition coefficient (Wildman–Crippen LogP) is 0.473. The third-order valence-electron chi connectivity index (χ3n) is 2.02. The molecule has 1 aromatic rings. The van der Waals surface area contributed by atoms with E-state index in [-0.39, 0.29) is 11.3 Å². The van der Waals surface area contributed by atoms with Gasteiger partial charge in [-0.2, -0.15) is 0 Å². The third kappa shape index (κ3) is 2.69. The Kier molecular flexibility index (Phi) is 3.44. The minimum absolute atomic E-state index is 0.0607. The Bertz CT molecular complexity index is 429. The van der Waals surface area contributed by atoms with E-state index in [2.05, 4.69) is 4.98 Å². The van der Waals surface area contributed by atoms with Gasteiger partial charge >= 0.3 is 11.9 Å². The molecule has 86 valence electrons. The van der Waals surface area contributed by atoms with Gasteiger partial charge in [-0.05, 0) is 6.07 Å². The minimum atomic E-state index is -1.17. The predicted molar refractivity (Wildman–Crippen MR) is 56.9 cm³/mol. The van der Waals surface area contributed by atoms with E-state index in [1.165, 1.54) is 12.3 Å². The molecule has 0 aliphatic heterocycles. The lowest BCUT2D eigenvalue weighted by Crippen LogP contribution is -2.14. The molecule has 16 heavy (non-hydrogen) atoms. The van der Waals surface area contributed by atoms with Crippen LogP contribution in [0.3, 0.4) is 0 Å². The monoisotopic (exact) mass is 224 g/mol. The minimum Gasteiger partial charge on any atom is -0.481 e. The van der Waals surface area contributed by atoms with Crippen LogP contribution in [0.15, 0.2) is 12.3 Å². The van der Waals surface area contributed by atoms with Crippen LogP contribution in [0.25, 0.3) is 0 Å². The van der Waals surface area contributed by atoms with Gasteiger partial charge in [0, 0.05) is 14.1 Å². The molecule has 0 aliphatic carbocycles. The maximum atomic E-state index is 10.9. The van der Waals surface area contributed by atoms with Gasteiger partial charge in [0.05, 0.1) is 29.6 Å². The molecular weight excluding hydrogens is 212 g/mol. The number of aromatic carboxylic acids is 1. The number of hydrogen-bond donors (Lipinski definition) is 2. The van der Waals surface area contributed by atoms with E-state index in [4.69, 9.17) is 10.2 Å². The molecule has 0 bridgehead atoms. The SMILES string of the molecule is CN(C)c1cnc(CC(=O)O)c(C(=O)O)c1. The fourth-order valence-corrected chi connectivity index (χ4v) is 1.20. The molecule has 1 aromatic heterocycles. The Morgan fingerprint density at radius 1 is 1.38 bits per heavy atom. The van der Waals surface area contributed by atoms with E-state index in [1.807, 2.05) is 0 Å². The highest BCUT2D eigenvalue weighted by Gasteiger charge is 2.15. The van der Waals surface area contributed by atoms with E-state index in [0.29, 0.717) is 5.69 Å². The second-order valence-corrected chi connectivity index (χ2v) is 3.46. The first kappa shape index (κ1) is 12.0. The number of rotatable bonds is 4. The van der Waals surface area contributed by atoms with Crippen molar-refractivity contribution in [3.8, 4) is 0 Å². The molecular formula is C10H12N2O4. The van der Waals surface area contributed by atoms with Crippen LogP contribution in [0.5, 0.6) is 0 Å². The second-order valence-electron chi connectivity index (χ2n) is 3.46. The summed E-state index contributed by atoms with van der Waals surface area (Å²) in [5.41, 5.74) is 0.603. The summed E-state index contributed by atoms with van der Waals surface area (Å²) in [5, 5.41) is 17.5. The van der Waals surface area contributed by atoms with Gasteiger partial charge in [-0.3, -0.25) is 9.78 Å². The molecule has 6 nitrogen and oxygen atoms in total. The van der Waals surface area contributed by atoms with Crippen molar-refractivity contribution in [3.63, 3.8) is 0 Å². The average Bonchev–Trinajstić information content (AvgIpc) is 2.16. The number of carboxylic acids is 2. The first-order valence-electron chi connectivity index (χ1n) is 4.53. The largest absolute Gasteiger partial charge is 0.481 e. The van der Waals surface area contributed by atoms with Gasteiger partial charge < -0.3 is 15.1 Å². The van der Waals surface area contributed by atoms with Crippen molar-refractivity contribution in [2.75, 3.05) is 19.0 Å². The summed E-state index contributed by atoms with van der Waals surface area (Å²) in [7, 11) is 3.50. The zero-order valence-electron chi connectivity index (χ0n) is 8.97. The van der Waals surface area contributed by atoms with Gasteiger partial charge in [-0.15, -0.1) is 0 Å². The highest BCUT2D eigenvalue weighted by atomic mass is 16.4. The number of carbonyl (C=O) groups is 2. The summed E-state index contributed by atoms with van der Waals surface area (Å²) >= 11 is 0. The number of nitrogens with zero attached hydrogens (tertiary/aromatic N) is 2. The lowest BCUT2D eigenvalue weighted by molar-refractivity contribution is -0.136. The molecule has 0 spiro atoms. The highest BCUT2D eigenvalue weighted by Crippen LogP contribution is 2.16. The normalized spacial score (nSPS) is 9.88. The Hall–Kier alpha value is -2.11. The van der Waals surface area contributed by atoms with Crippen LogP contribution in [0.1, 0.15) is 16.1 Å². The molecule has 0 fully saturated rings. The van der Waals surface area contributed by atoms with Crippen LogP contribution in [-0.2, 0) is 11.2 Å². The molecule has 0 aromatic carbocycles. The first-order chi connectivity index (χ1) is 7.41. The number of hydrogen-bond acceptors (Lipinski definition) is 4. The van der Waals surface area contributed by atoms with Crippen LogP contribution < -0.4 is 4.90 Å². The molecule has 0 saturated carbocycles. The zero-order chi connectivity index (χ0) is 12.3. The number of aliphatic carboxylic acids is 1. The van der Waals surface area contributed by atoms with Crippen LogP contribution in [-0.4, -0.2) is 41.2 Å². The second kappa shape index (κ2) is 4.61. The Morgan fingerprint density at radius 3 is 2.44 bits per heavy atom. The summed E-state index contributed by atoms with van der Waals surface area (Å²) in [4.78, 5) is 27.0. The average molecular weight is 224 g/mol.